The van der Waals surface area contributed by atoms with Gasteiger partial charge < -0.3 is 0 Å². The van der Waals surface area contributed by atoms with Crippen LogP contribution in [0.1, 0.15) is 45.7 Å². The number of rotatable bonds is 4. The van der Waals surface area contributed by atoms with Crippen molar-refractivity contribution in [1.29, 1.82) is 5.26 Å². The molecule has 0 atom stereocenters. The molecule has 1 rings (SSSR count). The summed E-state index contributed by atoms with van der Waals surface area (Å²) in [4.78, 5) is 0. The summed E-state index contributed by atoms with van der Waals surface area (Å²) in [5.41, 5.74) is 1.25. The Morgan fingerprint density at radius 3 is 2.67 bits per heavy atom. The maximum absolute atomic E-state index is 8.40. The maximum Gasteiger partial charge on any atom is 0.0677 e. The number of hydrogen-bond donors (Lipinski definition) is 0. The fraction of sp³-hybridized carbons (Fsp3) is 0.667. The first-order valence-electron chi connectivity index (χ1n) is 5.45. The summed E-state index contributed by atoms with van der Waals surface area (Å²) >= 11 is 0. The van der Waals surface area contributed by atoms with Gasteiger partial charge in [-0.25, -0.2) is 0 Å². The van der Waals surface area contributed by atoms with Crippen LogP contribution in [0.25, 0.3) is 0 Å². The standard InChI is InChI=1S/C12H19N3/c1-12(2,3)11-7-10-15(14-11)9-6-4-5-8-13/h7,10H,4-6,9H2,1-3H3. The molecule has 0 unspecified atom stereocenters. The number of nitriles is 1. The second-order valence-electron chi connectivity index (χ2n) is 4.83. The van der Waals surface area contributed by atoms with Crippen LogP contribution in [0, 0.1) is 11.3 Å². The molecule has 0 aliphatic rings. The SMILES string of the molecule is CC(C)(C)c1ccn(CCCCC#N)n1. The van der Waals surface area contributed by atoms with E-state index in [9.17, 15) is 0 Å². The predicted molar refractivity (Wildman–Crippen MR) is 60.4 cm³/mol. The highest BCUT2D eigenvalue weighted by atomic mass is 15.3. The largest absolute Gasteiger partial charge is 0.272 e. The molecule has 0 aliphatic heterocycles. The number of aryl methyl sites for hydroxylation is 1. The van der Waals surface area contributed by atoms with Crippen LogP contribution in [-0.4, -0.2) is 9.78 Å². The van der Waals surface area contributed by atoms with Gasteiger partial charge in [-0.3, -0.25) is 4.68 Å². The molecule has 15 heavy (non-hydrogen) atoms. The van der Waals surface area contributed by atoms with E-state index in [-0.39, 0.29) is 5.41 Å². The number of hydrogen-bond acceptors (Lipinski definition) is 2. The van der Waals surface area contributed by atoms with Crippen LogP contribution in [0.4, 0.5) is 0 Å². The van der Waals surface area contributed by atoms with Crippen molar-refractivity contribution in [2.45, 2.75) is 52.0 Å². The molecule has 0 saturated carbocycles. The Kier molecular flexibility index (Phi) is 3.90. The molecular formula is C12H19N3. The van der Waals surface area contributed by atoms with Crippen molar-refractivity contribution in [3.8, 4) is 6.07 Å². The summed E-state index contributed by atoms with van der Waals surface area (Å²) in [6.45, 7) is 7.40. The lowest BCUT2D eigenvalue weighted by atomic mass is 9.93. The quantitative estimate of drug-likeness (QED) is 0.709. The molecule has 0 radical (unpaired) electrons. The lowest BCUT2D eigenvalue weighted by molar-refractivity contribution is 0.515. The highest BCUT2D eigenvalue weighted by Crippen LogP contribution is 2.19. The molecule has 0 amide bonds. The Balaban J connectivity index is 2.44. The van der Waals surface area contributed by atoms with Crippen LogP contribution in [0.15, 0.2) is 12.3 Å². The molecule has 1 heterocycles. The van der Waals surface area contributed by atoms with Gasteiger partial charge in [0.1, 0.15) is 0 Å². The van der Waals surface area contributed by atoms with Gasteiger partial charge in [-0.2, -0.15) is 10.4 Å². The van der Waals surface area contributed by atoms with Gasteiger partial charge in [0.2, 0.25) is 0 Å². The van der Waals surface area contributed by atoms with Gasteiger partial charge in [0.25, 0.3) is 0 Å². The van der Waals surface area contributed by atoms with E-state index in [1.54, 1.807) is 0 Å². The first kappa shape index (κ1) is 11.8. The van der Waals surface area contributed by atoms with Crippen molar-refractivity contribution in [1.82, 2.24) is 9.78 Å². The Hall–Kier alpha value is -1.30. The topological polar surface area (TPSA) is 41.6 Å². The molecule has 0 fully saturated rings. The van der Waals surface area contributed by atoms with Crippen molar-refractivity contribution in [2.75, 3.05) is 0 Å². The van der Waals surface area contributed by atoms with Gasteiger partial charge >= 0.3 is 0 Å². The lowest BCUT2D eigenvalue weighted by Crippen LogP contribution is -2.13. The van der Waals surface area contributed by atoms with E-state index in [4.69, 9.17) is 5.26 Å². The molecule has 0 spiro atoms. The highest BCUT2D eigenvalue weighted by Gasteiger charge is 2.16. The van der Waals surface area contributed by atoms with Crippen molar-refractivity contribution < 1.29 is 0 Å². The van der Waals surface area contributed by atoms with Gasteiger partial charge in [-0.1, -0.05) is 20.8 Å². The van der Waals surface area contributed by atoms with E-state index in [1.165, 1.54) is 0 Å². The summed E-state index contributed by atoms with van der Waals surface area (Å²) in [7, 11) is 0. The van der Waals surface area contributed by atoms with E-state index >= 15 is 0 Å². The maximum atomic E-state index is 8.40. The summed E-state index contributed by atoms with van der Waals surface area (Å²) < 4.78 is 1.97. The van der Waals surface area contributed by atoms with Crippen molar-refractivity contribution in [3.05, 3.63) is 18.0 Å². The van der Waals surface area contributed by atoms with Crippen molar-refractivity contribution in [3.63, 3.8) is 0 Å². The van der Waals surface area contributed by atoms with Gasteiger partial charge in [-0.15, -0.1) is 0 Å². The zero-order chi connectivity index (χ0) is 11.3. The molecule has 3 heteroatoms. The zero-order valence-electron chi connectivity index (χ0n) is 9.82. The first-order valence-corrected chi connectivity index (χ1v) is 5.45. The fourth-order valence-corrected chi connectivity index (χ4v) is 1.36. The average Bonchev–Trinajstić information content (AvgIpc) is 2.60. The second kappa shape index (κ2) is 4.97. The van der Waals surface area contributed by atoms with E-state index < -0.39 is 0 Å². The normalized spacial score (nSPS) is 11.3. The van der Waals surface area contributed by atoms with E-state index in [0.29, 0.717) is 6.42 Å². The minimum absolute atomic E-state index is 0.123. The van der Waals surface area contributed by atoms with Gasteiger partial charge in [-0.05, 0) is 18.9 Å². The fourth-order valence-electron chi connectivity index (χ4n) is 1.36. The molecule has 3 nitrogen and oxygen atoms in total. The molecule has 0 bridgehead atoms. The summed E-state index contributed by atoms with van der Waals surface area (Å²) in [5.74, 6) is 0. The Morgan fingerprint density at radius 2 is 2.13 bits per heavy atom. The predicted octanol–water partition coefficient (Wildman–Crippen LogP) is 2.87. The Morgan fingerprint density at radius 1 is 1.40 bits per heavy atom. The molecule has 0 aromatic carbocycles. The Labute approximate surface area is 91.7 Å². The lowest BCUT2D eigenvalue weighted by Gasteiger charge is -2.14. The minimum Gasteiger partial charge on any atom is -0.272 e. The van der Waals surface area contributed by atoms with Crippen LogP contribution in [0.3, 0.4) is 0 Å². The molecule has 0 saturated heterocycles. The van der Waals surface area contributed by atoms with Gasteiger partial charge in [0.05, 0.1) is 11.8 Å². The molecule has 1 aromatic rings. The van der Waals surface area contributed by atoms with Crippen LogP contribution in [0.2, 0.25) is 0 Å². The molecular weight excluding hydrogens is 186 g/mol. The number of aromatic nitrogens is 2. The number of nitrogens with zero attached hydrogens (tertiary/aromatic N) is 3. The first-order chi connectivity index (χ1) is 7.04. The summed E-state index contributed by atoms with van der Waals surface area (Å²) in [6.07, 6.45) is 4.65. The minimum atomic E-state index is 0.123. The van der Waals surface area contributed by atoms with Crippen molar-refractivity contribution >= 4 is 0 Å². The van der Waals surface area contributed by atoms with Gasteiger partial charge in [0.15, 0.2) is 0 Å². The second-order valence-corrected chi connectivity index (χ2v) is 4.83. The Bertz CT molecular complexity index is 338. The monoisotopic (exact) mass is 205 g/mol. The van der Waals surface area contributed by atoms with Crippen molar-refractivity contribution in [2.24, 2.45) is 0 Å². The average molecular weight is 205 g/mol. The summed E-state index contributed by atoms with van der Waals surface area (Å²) in [6, 6.07) is 4.23. The van der Waals surface area contributed by atoms with Crippen LogP contribution >= 0.6 is 0 Å². The van der Waals surface area contributed by atoms with Crippen LogP contribution < -0.4 is 0 Å². The molecule has 1 aromatic heterocycles. The number of unbranched alkanes of at least 4 members (excludes halogenated alkanes) is 2. The highest BCUT2D eigenvalue weighted by molar-refractivity contribution is 5.10. The van der Waals surface area contributed by atoms with E-state index in [1.807, 2.05) is 10.9 Å². The third-order valence-electron chi connectivity index (χ3n) is 2.33. The van der Waals surface area contributed by atoms with Crippen LogP contribution in [0.5, 0.6) is 0 Å². The zero-order valence-corrected chi connectivity index (χ0v) is 9.82. The molecule has 0 aliphatic carbocycles. The smallest absolute Gasteiger partial charge is 0.0677 e. The third kappa shape index (κ3) is 3.75. The summed E-state index contributed by atoms with van der Waals surface area (Å²) in [5, 5.41) is 12.9. The molecule has 0 N–H and O–H groups in total. The van der Waals surface area contributed by atoms with Crippen LogP contribution in [-0.2, 0) is 12.0 Å². The van der Waals surface area contributed by atoms with E-state index in [0.717, 1.165) is 25.1 Å². The molecule has 82 valence electrons. The van der Waals surface area contributed by atoms with Gasteiger partial charge in [0, 0.05) is 24.6 Å². The van der Waals surface area contributed by atoms with E-state index in [2.05, 4.69) is 38.0 Å². The third-order valence-corrected chi connectivity index (χ3v) is 2.33.